The van der Waals surface area contributed by atoms with Crippen LogP contribution in [0.25, 0.3) is 11.1 Å². The van der Waals surface area contributed by atoms with Gasteiger partial charge in [0, 0.05) is 11.5 Å². The summed E-state index contributed by atoms with van der Waals surface area (Å²) >= 11 is 0. The SMILES string of the molecule is Nc1cc(C(F)(F)F)c(C#CCNC(=O)OCC2c3ccccc3-c3ccccc32)cc1F. The fraction of sp³-hybridized carbons (Fsp3) is 0.160. The van der Waals surface area contributed by atoms with Crippen molar-refractivity contribution in [2.75, 3.05) is 18.9 Å². The summed E-state index contributed by atoms with van der Waals surface area (Å²) in [5.41, 5.74) is 7.18. The summed E-state index contributed by atoms with van der Waals surface area (Å²) in [6.45, 7) is -0.186. The van der Waals surface area contributed by atoms with Crippen LogP contribution in [0.4, 0.5) is 28.0 Å². The van der Waals surface area contributed by atoms with Crippen LogP contribution in [-0.4, -0.2) is 19.2 Å². The number of benzene rings is 3. The number of alkyl halides is 3. The van der Waals surface area contributed by atoms with Crippen molar-refractivity contribution in [3.63, 3.8) is 0 Å². The van der Waals surface area contributed by atoms with Gasteiger partial charge in [-0.15, -0.1) is 0 Å². The number of nitrogens with two attached hydrogens (primary N) is 1. The van der Waals surface area contributed by atoms with Gasteiger partial charge in [0.15, 0.2) is 0 Å². The number of alkyl carbamates (subject to hydrolysis) is 1. The Morgan fingerprint density at radius 2 is 1.64 bits per heavy atom. The molecular formula is C25H18F4N2O2. The van der Waals surface area contributed by atoms with Gasteiger partial charge in [-0.1, -0.05) is 60.4 Å². The molecule has 3 N–H and O–H groups in total. The van der Waals surface area contributed by atoms with Crippen molar-refractivity contribution in [3.8, 4) is 23.0 Å². The number of amides is 1. The van der Waals surface area contributed by atoms with Crippen molar-refractivity contribution in [1.29, 1.82) is 0 Å². The first-order valence-electron chi connectivity index (χ1n) is 9.99. The molecule has 0 aromatic heterocycles. The number of ether oxygens (including phenoxy) is 1. The molecule has 0 heterocycles. The van der Waals surface area contributed by atoms with Crippen molar-refractivity contribution in [2.45, 2.75) is 12.1 Å². The molecule has 0 bridgehead atoms. The van der Waals surface area contributed by atoms with Crippen molar-refractivity contribution in [2.24, 2.45) is 0 Å². The summed E-state index contributed by atoms with van der Waals surface area (Å²) in [5, 5.41) is 2.37. The molecule has 0 radical (unpaired) electrons. The maximum atomic E-state index is 13.6. The van der Waals surface area contributed by atoms with Crippen molar-refractivity contribution in [1.82, 2.24) is 5.32 Å². The molecular weight excluding hydrogens is 436 g/mol. The molecule has 3 aromatic carbocycles. The fourth-order valence-corrected chi connectivity index (χ4v) is 3.83. The topological polar surface area (TPSA) is 64.3 Å². The third-order valence-corrected chi connectivity index (χ3v) is 5.33. The highest BCUT2D eigenvalue weighted by Gasteiger charge is 2.34. The molecule has 1 amide bonds. The van der Waals surface area contributed by atoms with Crippen molar-refractivity contribution < 1.29 is 27.1 Å². The molecule has 0 saturated carbocycles. The van der Waals surface area contributed by atoms with Crippen LogP contribution < -0.4 is 11.1 Å². The maximum Gasteiger partial charge on any atom is 0.417 e. The van der Waals surface area contributed by atoms with Crippen LogP contribution in [0.5, 0.6) is 0 Å². The average Bonchev–Trinajstić information content (AvgIpc) is 3.10. The Kier molecular flexibility index (Phi) is 5.97. The second-order valence-corrected chi connectivity index (χ2v) is 7.40. The number of fused-ring (bicyclic) bond motifs is 3. The number of rotatable bonds is 3. The fourth-order valence-electron chi connectivity index (χ4n) is 3.83. The Bertz CT molecular complexity index is 1230. The molecule has 4 nitrogen and oxygen atoms in total. The van der Waals surface area contributed by atoms with Gasteiger partial charge in [0.2, 0.25) is 0 Å². The lowest BCUT2D eigenvalue weighted by Crippen LogP contribution is -2.26. The molecule has 0 unspecified atom stereocenters. The zero-order chi connectivity index (χ0) is 23.6. The number of carbonyl (C=O) groups is 1. The second-order valence-electron chi connectivity index (χ2n) is 7.40. The smallest absolute Gasteiger partial charge is 0.417 e. The molecule has 33 heavy (non-hydrogen) atoms. The van der Waals surface area contributed by atoms with Gasteiger partial charge in [0.1, 0.15) is 12.4 Å². The first kappa shape index (κ1) is 22.2. The van der Waals surface area contributed by atoms with Crippen LogP contribution in [0, 0.1) is 17.7 Å². The number of nitrogen functional groups attached to an aromatic ring is 1. The molecule has 0 saturated heterocycles. The molecule has 168 valence electrons. The quantitative estimate of drug-likeness (QED) is 0.320. The highest BCUT2D eigenvalue weighted by atomic mass is 19.4. The summed E-state index contributed by atoms with van der Waals surface area (Å²) < 4.78 is 58.3. The number of anilines is 1. The molecule has 0 spiro atoms. The Hall–Kier alpha value is -3.99. The number of hydrogen-bond acceptors (Lipinski definition) is 3. The number of hydrogen-bond donors (Lipinski definition) is 2. The molecule has 3 aromatic rings. The van der Waals surface area contributed by atoms with E-state index in [1.54, 1.807) is 0 Å². The van der Waals surface area contributed by atoms with E-state index in [0.717, 1.165) is 22.3 Å². The molecule has 4 rings (SSSR count). The lowest BCUT2D eigenvalue weighted by Gasteiger charge is -2.14. The van der Waals surface area contributed by atoms with E-state index >= 15 is 0 Å². The van der Waals surface area contributed by atoms with E-state index in [-0.39, 0.29) is 19.1 Å². The number of carbonyl (C=O) groups excluding carboxylic acids is 1. The number of nitrogens with one attached hydrogen (secondary N) is 1. The van der Waals surface area contributed by atoms with Crippen LogP contribution in [0.1, 0.15) is 28.2 Å². The second kappa shape index (κ2) is 8.87. The van der Waals surface area contributed by atoms with Gasteiger partial charge in [-0.05, 0) is 34.4 Å². The van der Waals surface area contributed by atoms with Gasteiger partial charge in [-0.3, -0.25) is 0 Å². The Morgan fingerprint density at radius 1 is 1.03 bits per heavy atom. The van der Waals surface area contributed by atoms with E-state index < -0.39 is 34.9 Å². The van der Waals surface area contributed by atoms with Gasteiger partial charge in [0.05, 0.1) is 17.8 Å². The molecule has 0 fully saturated rings. The first-order chi connectivity index (χ1) is 15.8. The van der Waals surface area contributed by atoms with Gasteiger partial charge < -0.3 is 15.8 Å². The zero-order valence-electron chi connectivity index (χ0n) is 17.2. The minimum atomic E-state index is -4.74. The van der Waals surface area contributed by atoms with Crippen molar-refractivity contribution in [3.05, 3.63) is 88.7 Å². The zero-order valence-corrected chi connectivity index (χ0v) is 17.2. The van der Waals surface area contributed by atoms with E-state index in [0.29, 0.717) is 12.1 Å². The van der Waals surface area contributed by atoms with E-state index in [2.05, 4.69) is 17.2 Å². The van der Waals surface area contributed by atoms with Gasteiger partial charge in [0.25, 0.3) is 0 Å². The number of halogens is 4. The minimum absolute atomic E-state index is 0.0919. The normalized spacial score (nSPS) is 12.4. The average molecular weight is 454 g/mol. The van der Waals surface area contributed by atoms with Gasteiger partial charge in [-0.2, -0.15) is 13.2 Å². The molecule has 8 heteroatoms. The Morgan fingerprint density at radius 3 is 2.24 bits per heavy atom. The third-order valence-electron chi connectivity index (χ3n) is 5.33. The van der Waals surface area contributed by atoms with E-state index in [1.807, 2.05) is 48.5 Å². The summed E-state index contributed by atoms with van der Waals surface area (Å²) in [5.74, 6) is 3.49. The monoisotopic (exact) mass is 454 g/mol. The van der Waals surface area contributed by atoms with Crippen LogP contribution >= 0.6 is 0 Å². The Labute approximate surface area is 187 Å². The predicted molar refractivity (Wildman–Crippen MR) is 116 cm³/mol. The van der Waals surface area contributed by atoms with Crippen LogP contribution in [0.2, 0.25) is 0 Å². The molecule has 0 aliphatic heterocycles. The van der Waals surface area contributed by atoms with Gasteiger partial charge >= 0.3 is 12.3 Å². The van der Waals surface area contributed by atoms with Crippen LogP contribution in [0.15, 0.2) is 60.7 Å². The van der Waals surface area contributed by atoms with E-state index in [1.165, 1.54) is 0 Å². The van der Waals surface area contributed by atoms with Crippen LogP contribution in [-0.2, 0) is 10.9 Å². The predicted octanol–water partition coefficient (Wildman–Crippen LogP) is 5.32. The highest BCUT2D eigenvalue weighted by molar-refractivity contribution is 5.79. The summed E-state index contributed by atoms with van der Waals surface area (Å²) in [6.07, 6.45) is -5.50. The van der Waals surface area contributed by atoms with Crippen molar-refractivity contribution >= 4 is 11.8 Å². The Balaban J connectivity index is 1.39. The lowest BCUT2D eigenvalue weighted by molar-refractivity contribution is -0.137. The molecule has 1 aliphatic rings. The summed E-state index contributed by atoms with van der Waals surface area (Å²) in [6, 6.07) is 16.8. The summed E-state index contributed by atoms with van der Waals surface area (Å²) in [7, 11) is 0. The van der Waals surface area contributed by atoms with E-state index in [4.69, 9.17) is 10.5 Å². The molecule has 0 atom stereocenters. The lowest BCUT2D eigenvalue weighted by atomic mass is 9.98. The minimum Gasteiger partial charge on any atom is -0.449 e. The summed E-state index contributed by atoms with van der Waals surface area (Å²) in [4.78, 5) is 12.1. The molecule has 1 aliphatic carbocycles. The maximum absolute atomic E-state index is 13.6. The van der Waals surface area contributed by atoms with Gasteiger partial charge in [-0.25, -0.2) is 9.18 Å². The van der Waals surface area contributed by atoms with E-state index in [9.17, 15) is 22.4 Å². The third kappa shape index (κ3) is 4.62. The highest BCUT2D eigenvalue weighted by Crippen LogP contribution is 2.44. The first-order valence-corrected chi connectivity index (χ1v) is 9.99. The largest absolute Gasteiger partial charge is 0.449 e. The standard InChI is InChI=1S/C25H18F4N2O2/c26-22-12-15(21(13-23(22)30)25(27,28)29)6-5-11-31-24(32)33-14-20-18-9-3-1-7-16(18)17-8-2-4-10-19(17)20/h1-4,7-10,12-13,20H,11,14,30H2,(H,31,32). The van der Waals surface area contributed by atoms with Crippen LogP contribution in [0.3, 0.4) is 0 Å².